The molecule has 0 spiro atoms. The van der Waals surface area contributed by atoms with Gasteiger partial charge in [-0.15, -0.1) is 7.92 Å². The molecule has 0 aliphatic heterocycles. The summed E-state index contributed by atoms with van der Waals surface area (Å²) in [6.07, 6.45) is 36.9. The fourth-order valence-electron chi connectivity index (χ4n) is 5.45. The second kappa shape index (κ2) is 45.1. The molecule has 3 heteroatoms. The van der Waals surface area contributed by atoms with Gasteiger partial charge in [0.1, 0.15) is 0 Å². The van der Waals surface area contributed by atoms with Gasteiger partial charge in [0.2, 0.25) is 0 Å². The molecule has 0 fully saturated rings. The van der Waals surface area contributed by atoms with Crippen LogP contribution in [0, 0.1) is 5.92 Å². The van der Waals surface area contributed by atoms with Crippen molar-refractivity contribution < 1.29 is 4.74 Å². The van der Waals surface area contributed by atoms with E-state index in [1.165, 1.54) is 179 Å². The van der Waals surface area contributed by atoms with Gasteiger partial charge in [0.15, 0.2) is 0 Å². The summed E-state index contributed by atoms with van der Waals surface area (Å²) in [5, 5.41) is 3.38. The number of ether oxygens (including phenoxy) is 1. The van der Waals surface area contributed by atoms with Crippen LogP contribution >= 0.6 is 7.92 Å². The van der Waals surface area contributed by atoms with Gasteiger partial charge in [-0.2, -0.15) is 0 Å². The first kappa shape index (κ1) is 50.5. The molecule has 0 aliphatic carbocycles. The topological polar surface area (TPSA) is 21.3 Å². The molecule has 0 rings (SSSR count). The fourth-order valence-corrected chi connectivity index (χ4v) is 5.45. The highest BCUT2D eigenvalue weighted by molar-refractivity contribution is 7.55. The number of hydrogen-bond acceptors (Lipinski definition) is 2. The Morgan fingerprint density at radius 1 is 0.587 bits per heavy atom. The smallest absolute Gasteiger partial charge is 0.0466 e. The molecule has 0 heterocycles. The monoisotopic (exact) mass is 670 g/mol. The highest BCUT2D eigenvalue weighted by Crippen LogP contribution is 2.23. The largest absolute Gasteiger partial charge is 0.381 e. The molecular weight excluding hydrogens is 577 g/mol. The maximum absolute atomic E-state index is 5.92. The zero-order chi connectivity index (χ0) is 34.9. The lowest BCUT2D eigenvalue weighted by Crippen LogP contribution is -2.25. The minimum absolute atomic E-state index is 0.402. The highest BCUT2D eigenvalue weighted by Gasteiger charge is 2.08. The molecule has 0 amide bonds. The maximum Gasteiger partial charge on any atom is 0.0466 e. The van der Waals surface area contributed by atoms with Gasteiger partial charge in [-0.25, -0.2) is 0 Å². The molecule has 0 saturated carbocycles. The number of allylic oxidation sites excluding steroid dienone is 1. The quantitative estimate of drug-likeness (QED) is 0.0426. The fraction of sp³-hybridized carbons (Fsp3) is 0.953. The minimum Gasteiger partial charge on any atom is -0.381 e. The first-order valence-electron chi connectivity index (χ1n) is 20.9. The van der Waals surface area contributed by atoms with Gasteiger partial charge in [0.25, 0.3) is 0 Å². The Balaban J connectivity index is -0.00000118. The van der Waals surface area contributed by atoms with E-state index in [-0.39, 0.29) is 0 Å². The van der Waals surface area contributed by atoms with Crippen LogP contribution in [0.25, 0.3) is 0 Å². The Labute approximate surface area is 296 Å². The Morgan fingerprint density at radius 3 is 1.43 bits per heavy atom. The Morgan fingerprint density at radius 2 is 1.02 bits per heavy atom. The molecule has 1 N–H and O–H groups in total. The van der Waals surface area contributed by atoms with E-state index < -0.39 is 0 Å². The lowest BCUT2D eigenvalue weighted by atomic mass is 9.91. The van der Waals surface area contributed by atoms with E-state index in [1.807, 2.05) is 0 Å². The van der Waals surface area contributed by atoms with Gasteiger partial charge >= 0.3 is 0 Å². The van der Waals surface area contributed by atoms with Crippen molar-refractivity contribution in [2.75, 3.05) is 39.3 Å². The lowest BCUT2D eigenvalue weighted by molar-refractivity contribution is 0.122. The van der Waals surface area contributed by atoms with E-state index in [1.54, 1.807) is 0 Å². The van der Waals surface area contributed by atoms with Gasteiger partial charge in [-0.05, 0) is 90.2 Å². The predicted molar refractivity (Wildman–Crippen MR) is 219 cm³/mol. The summed E-state index contributed by atoms with van der Waals surface area (Å²) >= 11 is 0. The third-order valence-corrected chi connectivity index (χ3v) is 10.6. The number of nitrogens with one attached hydrogen (secondary N) is 1. The highest BCUT2D eigenvalue weighted by atomic mass is 31.1. The summed E-state index contributed by atoms with van der Waals surface area (Å²) in [5.41, 5.74) is 1.50. The summed E-state index contributed by atoms with van der Waals surface area (Å²) in [4.78, 5) is 0. The molecule has 2 atom stereocenters. The van der Waals surface area contributed by atoms with Crippen LogP contribution in [0.15, 0.2) is 12.2 Å². The van der Waals surface area contributed by atoms with Gasteiger partial charge in [-0.1, -0.05) is 169 Å². The zero-order valence-corrected chi connectivity index (χ0v) is 34.8. The van der Waals surface area contributed by atoms with E-state index >= 15 is 0 Å². The molecule has 0 radical (unpaired) electrons. The molecule has 0 aliphatic rings. The van der Waals surface area contributed by atoms with E-state index in [0.29, 0.717) is 14.0 Å². The van der Waals surface area contributed by atoms with Crippen molar-refractivity contribution in [3.63, 3.8) is 0 Å². The van der Waals surface area contributed by atoms with Gasteiger partial charge in [-0.3, -0.25) is 0 Å². The van der Waals surface area contributed by atoms with Crippen LogP contribution in [0.4, 0.5) is 0 Å². The molecule has 0 saturated heterocycles. The third kappa shape index (κ3) is 48.5. The van der Waals surface area contributed by atoms with Gasteiger partial charge in [0, 0.05) is 19.3 Å². The SMILES string of the molecule is C=C(CCCCCCCCCCC)C[C@@H](CC)CCCOCCCCCCCCCCCC.CCCNC(C)CC.CCP(C)C. The van der Waals surface area contributed by atoms with E-state index in [9.17, 15) is 0 Å². The molecule has 0 aromatic heterocycles. The average molecular weight is 670 g/mol. The first-order chi connectivity index (χ1) is 22.3. The van der Waals surface area contributed by atoms with Crippen LogP contribution < -0.4 is 5.32 Å². The molecule has 2 nitrogen and oxygen atoms in total. The van der Waals surface area contributed by atoms with Crippen molar-refractivity contribution in [1.29, 1.82) is 0 Å². The second-order valence-electron chi connectivity index (χ2n) is 14.4. The average Bonchev–Trinajstić information content (AvgIpc) is 3.06. The number of hydrogen-bond donors (Lipinski definition) is 1. The summed E-state index contributed by atoms with van der Waals surface area (Å²) in [6, 6.07) is 0.704. The molecule has 0 aromatic rings. The molecular formula is C43H92NOP. The molecule has 0 aromatic carbocycles. The molecule has 46 heavy (non-hydrogen) atoms. The zero-order valence-electron chi connectivity index (χ0n) is 33.9. The van der Waals surface area contributed by atoms with Crippen LogP contribution in [0.1, 0.15) is 215 Å². The van der Waals surface area contributed by atoms with Crippen LogP contribution in [0.3, 0.4) is 0 Å². The Bertz CT molecular complexity index is 537. The molecule has 1 unspecified atom stereocenters. The van der Waals surface area contributed by atoms with Crippen LogP contribution in [0.2, 0.25) is 0 Å². The van der Waals surface area contributed by atoms with Crippen molar-refractivity contribution in [2.24, 2.45) is 5.92 Å². The minimum atomic E-state index is 0.402. The van der Waals surface area contributed by atoms with Crippen LogP contribution in [0.5, 0.6) is 0 Å². The van der Waals surface area contributed by atoms with Gasteiger partial charge < -0.3 is 10.1 Å². The maximum atomic E-state index is 5.92. The summed E-state index contributed by atoms with van der Waals surface area (Å²) < 4.78 is 5.92. The van der Waals surface area contributed by atoms with E-state index in [4.69, 9.17) is 4.74 Å². The predicted octanol–water partition coefficient (Wildman–Crippen LogP) is 15.1. The molecule has 280 valence electrons. The van der Waals surface area contributed by atoms with Crippen molar-refractivity contribution in [2.45, 2.75) is 221 Å². The summed E-state index contributed by atoms with van der Waals surface area (Å²) in [6.45, 7) is 27.8. The Kier molecular flexibility index (Phi) is 49.5. The van der Waals surface area contributed by atoms with Crippen LogP contribution in [-0.2, 0) is 4.74 Å². The van der Waals surface area contributed by atoms with Crippen molar-refractivity contribution >= 4 is 7.92 Å². The first-order valence-corrected chi connectivity index (χ1v) is 23.4. The van der Waals surface area contributed by atoms with Gasteiger partial charge in [0.05, 0.1) is 0 Å². The standard InChI is InChI=1S/C32H64O.C7H17N.C4H11P/c1-5-8-10-12-14-16-18-20-22-24-28-33-29-25-27-32(7-3)30-31(4)26-23-21-19-17-15-13-11-9-6-2;1-4-6-8-7(3)5-2;1-4-5(2)3/h32H,4-30H2,1-3H3;7-8H,4-6H2,1-3H3;4H2,1-3H3/t32-;;/m0../s1. The number of rotatable bonds is 33. The summed E-state index contributed by atoms with van der Waals surface area (Å²) in [5.74, 6) is 0.817. The normalized spacial score (nSPS) is 12.3. The lowest BCUT2D eigenvalue weighted by Gasteiger charge is -2.16. The van der Waals surface area contributed by atoms with Crippen molar-refractivity contribution in [3.8, 4) is 0 Å². The number of unbranched alkanes of at least 4 members (excludes halogenated alkanes) is 17. The summed E-state index contributed by atoms with van der Waals surface area (Å²) in [7, 11) is 0.402. The molecule has 0 bridgehead atoms. The van der Waals surface area contributed by atoms with E-state index in [0.717, 1.165) is 25.7 Å². The van der Waals surface area contributed by atoms with Crippen LogP contribution in [-0.4, -0.2) is 45.3 Å². The van der Waals surface area contributed by atoms with E-state index in [2.05, 4.69) is 73.7 Å². The van der Waals surface area contributed by atoms with Crippen molar-refractivity contribution in [1.82, 2.24) is 5.32 Å². The Hall–Kier alpha value is 0.0900. The second-order valence-corrected chi connectivity index (χ2v) is 17.2. The van der Waals surface area contributed by atoms with Crippen molar-refractivity contribution in [3.05, 3.63) is 12.2 Å². The third-order valence-electron chi connectivity index (χ3n) is 9.32.